The molecule has 0 aromatic heterocycles. The van der Waals surface area contributed by atoms with Crippen LogP contribution in [0.5, 0.6) is 0 Å². The number of benzene rings is 2. The first-order valence-electron chi connectivity index (χ1n) is 9.13. The van der Waals surface area contributed by atoms with Gasteiger partial charge < -0.3 is 11.1 Å². The number of rotatable bonds is 8. The minimum atomic E-state index is -3.95. The van der Waals surface area contributed by atoms with Crippen LogP contribution < -0.4 is 11.1 Å². The summed E-state index contributed by atoms with van der Waals surface area (Å²) in [7, 11) is -3.95. The molecule has 0 saturated carbocycles. The van der Waals surface area contributed by atoms with E-state index in [4.69, 9.17) is 11.0 Å². The lowest BCUT2D eigenvalue weighted by molar-refractivity contribution is -0.129. The number of carbonyl (C=O) groups is 2. The summed E-state index contributed by atoms with van der Waals surface area (Å²) >= 11 is 0. The molecule has 0 saturated heterocycles. The van der Waals surface area contributed by atoms with E-state index >= 15 is 0 Å². The molecule has 0 unspecified atom stereocenters. The Hall–Kier alpha value is -3.32. The van der Waals surface area contributed by atoms with Crippen molar-refractivity contribution in [1.29, 1.82) is 5.26 Å². The van der Waals surface area contributed by atoms with Crippen LogP contribution in [0.1, 0.15) is 20.3 Å². The number of sulfone groups is 1. The lowest BCUT2D eigenvalue weighted by Gasteiger charge is -2.24. The van der Waals surface area contributed by atoms with Gasteiger partial charge in [0.25, 0.3) is 0 Å². The monoisotopic (exact) mass is 449 g/mol. The number of nitrogens with one attached hydrogen (secondary N) is 1. The first kappa shape index (κ1) is 24.0. The molecule has 0 aliphatic rings. The van der Waals surface area contributed by atoms with Crippen molar-refractivity contribution in [1.82, 2.24) is 5.32 Å². The highest BCUT2D eigenvalue weighted by atomic mass is 32.2. The zero-order chi connectivity index (χ0) is 23.4. The van der Waals surface area contributed by atoms with Crippen LogP contribution in [-0.2, 0) is 19.4 Å². The molecular weight excluding hydrogens is 428 g/mol. The number of carbonyl (C=O) groups excluding carboxylic acids is 2. The van der Waals surface area contributed by atoms with Crippen molar-refractivity contribution in [2.75, 3.05) is 5.75 Å². The first-order chi connectivity index (χ1) is 14.4. The van der Waals surface area contributed by atoms with Crippen LogP contribution in [0, 0.1) is 28.4 Å². The second-order valence-electron chi connectivity index (χ2n) is 7.59. The molecule has 2 amide bonds. The van der Waals surface area contributed by atoms with Gasteiger partial charge in [-0.15, -0.1) is 0 Å². The number of primary amides is 1. The summed E-state index contributed by atoms with van der Waals surface area (Å²) in [6.07, 6.45) is -0.400. The third-order valence-electron chi connectivity index (χ3n) is 4.51. The van der Waals surface area contributed by atoms with Crippen molar-refractivity contribution < 1.29 is 26.8 Å². The van der Waals surface area contributed by atoms with Gasteiger partial charge in [-0.1, -0.05) is 38.1 Å². The van der Waals surface area contributed by atoms with Gasteiger partial charge in [-0.2, -0.15) is 5.26 Å². The Morgan fingerprint density at radius 1 is 1.16 bits per heavy atom. The summed E-state index contributed by atoms with van der Waals surface area (Å²) in [5.41, 5.74) is 3.87. The fraction of sp³-hybridized carbons (Fsp3) is 0.286. The fourth-order valence-corrected chi connectivity index (χ4v) is 4.67. The van der Waals surface area contributed by atoms with Crippen LogP contribution in [-0.4, -0.2) is 32.0 Å². The molecule has 0 spiro atoms. The zero-order valence-corrected chi connectivity index (χ0v) is 17.7. The molecule has 0 radical (unpaired) electrons. The quantitative estimate of drug-likeness (QED) is 0.639. The summed E-state index contributed by atoms with van der Waals surface area (Å²) in [6, 6.07) is 9.41. The van der Waals surface area contributed by atoms with Crippen molar-refractivity contribution in [2.24, 2.45) is 11.1 Å². The third-order valence-corrected chi connectivity index (χ3v) is 6.60. The second-order valence-corrected chi connectivity index (χ2v) is 9.58. The largest absolute Gasteiger partial charge is 0.370 e. The fourth-order valence-electron chi connectivity index (χ4n) is 2.88. The van der Waals surface area contributed by atoms with E-state index in [1.807, 2.05) is 0 Å². The molecule has 0 aliphatic heterocycles. The SMILES string of the molecule is CC(C)(CS(=O)(=O)c1ccc(-c2cccc(F)c2F)cc1)C(=O)N[C@H](C#N)CC(N)=O. The van der Waals surface area contributed by atoms with Crippen molar-refractivity contribution in [3.05, 3.63) is 54.1 Å². The number of halogens is 2. The predicted molar refractivity (Wildman–Crippen MR) is 109 cm³/mol. The molecule has 31 heavy (non-hydrogen) atoms. The van der Waals surface area contributed by atoms with E-state index < -0.39 is 56.9 Å². The molecule has 1 atom stereocenters. The van der Waals surface area contributed by atoms with Crippen LogP contribution in [0.15, 0.2) is 47.4 Å². The lowest BCUT2D eigenvalue weighted by Crippen LogP contribution is -2.46. The molecule has 3 N–H and O–H groups in total. The number of hydrogen-bond donors (Lipinski definition) is 2. The van der Waals surface area contributed by atoms with Crippen molar-refractivity contribution in [3.8, 4) is 17.2 Å². The van der Waals surface area contributed by atoms with E-state index in [1.165, 1.54) is 50.2 Å². The minimum Gasteiger partial charge on any atom is -0.370 e. The van der Waals surface area contributed by atoms with Gasteiger partial charge >= 0.3 is 0 Å². The first-order valence-corrected chi connectivity index (χ1v) is 10.8. The van der Waals surface area contributed by atoms with E-state index in [0.717, 1.165) is 6.07 Å². The number of nitrogens with zero attached hydrogens (tertiary/aromatic N) is 1. The molecule has 0 aliphatic carbocycles. The topological polar surface area (TPSA) is 130 Å². The Labute approximate surface area is 178 Å². The standard InChI is InChI=1S/C21H21F2N3O4S/c1-21(2,20(28)26-14(11-24)10-18(25)27)12-31(29,30)15-8-6-13(7-9-15)16-4-3-5-17(22)19(16)23/h3-9,14H,10,12H2,1-2H3,(H2,25,27)(H,26,28)/t14-/m0/s1. The summed E-state index contributed by atoms with van der Waals surface area (Å²) in [5, 5.41) is 11.3. The van der Waals surface area contributed by atoms with Crippen LogP contribution in [0.4, 0.5) is 8.78 Å². The Morgan fingerprint density at radius 3 is 2.32 bits per heavy atom. The molecule has 0 heterocycles. The number of nitrogens with two attached hydrogens (primary N) is 1. The van der Waals surface area contributed by atoms with E-state index in [0.29, 0.717) is 0 Å². The van der Waals surface area contributed by atoms with E-state index in [2.05, 4.69) is 5.32 Å². The molecule has 7 nitrogen and oxygen atoms in total. The van der Waals surface area contributed by atoms with Crippen LogP contribution in [0.3, 0.4) is 0 Å². The van der Waals surface area contributed by atoms with Crippen LogP contribution in [0.25, 0.3) is 11.1 Å². The summed E-state index contributed by atoms with van der Waals surface area (Å²) in [6.45, 7) is 2.77. The van der Waals surface area contributed by atoms with Crippen LogP contribution in [0.2, 0.25) is 0 Å². The molecule has 2 aromatic carbocycles. The van der Waals surface area contributed by atoms with Crippen LogP contribution >= 0.6 is 0 Å². The van der Waals surface area contributed by atoms with Crippen molar-refractivity contribution >= 4 is 21.7 Å². The maximum absolute atomic E-state index is 14.0. The predicted octanol–water partition coefficient (Wildman–Crippen LogP) is 2.32. The molecule has 10 heteroatoms. The maximum atomic E-state index is 14.0. The molecule has 164 valence electrons. The van der Waals surface area contributed by atoms with Gasteiger partial charge in [-0.25, -0.2) is 17.2 Å². The van der Waals surface area contributed by atoms with Gasteiger partial charge in [0, 0.05) is 5.56 Å². The molecular formula is C21H21F2N3O4S. The van der Waals surface area contributed by atoms with E-state index in [-0.39, 0.29) is 16.0 Å². The minimum absolute atomic E-state index is 0.0133. The smallest absolute Gasteiger partial charge is 0.227 e. The van der Waals surface area contributed by atoms with Gasteiger partial charge in [0.05, 0.1) is 28.6 Å². The average Bonchev–Trinajstić information content (AvgIpc) is 2.68. The molecule has 0 fully saturated rings. The Morgan fingerprint density at radius 2 is 1.77 bits per heavy atom. The van der Waals surface area contributed by atoms with E-state index in [9.17, 15) is 26.8 Å². The van der Waals surface area contributed by atoms with E-state index in [1.54, 1.807) is 6.07 Å². The van der Waals surface area contributed by atoms with Gasteiger partial charge in [-0.05, 0) is 23.8 Å². The van der Waals surface area contributed by atoms with Gasteiger partial charge in [-0.3, -0.25) is 9.59 Å². The molecule has 2 rings (SSSR count). The van der Waals surface area contributed by atoms with Crippen molar-refractivity contribution in [3.63, 3.8) is 0 Å². The normalized spacial score (nSPS) is 12.6. The molecule has 2 aromatic rings. The van der Waals surface area contributed by atoms with Gasteiger partial charge in [0.15, 0.2) is 21.5 Å². The summed E-state index contributed by atoms with van der Waals surface area (Å²) in [4.78, 5) is 23.3. The van der Waals surface area contributed by atoms with Gasteiger partial charge in [0.2, 0.25) is 11.8 Å². The van der Waals surface area contributed by atoms with Crippen molar-refractivity contribution in [2.45, 2.75) is 31.2 Å². The highest BCUT2D eigenvalue weighted by Gasteiger charge is 2.35. The molecule has 0 bridgehead atoms. The number of amides is 2. The number of nitriles is 1. The zero-order valence-electron chi connectivity index (χ0n) is 16.9. The average molecular weight is 449 g/mol. The third kappa shape index (κ3) is 5.86. The highest BCUT2D eigenvalue weighted by molar-refractivity contribution is 7.91. The second kappa shape index (κ2) is 9.22. The number of hydrogen-bond acceptors (Lipinski definition) is 5. The van der Waals surface area contributed by atoms with Gasteiger partial charge in [0.1, 0.15) is 6.04 Å². The summed E-state index contributed by atoms with van der Waals surface area (Å²) < 4.78 is 53.0. The highest BCUT2D eigenvalue weighted by Crippen LogP contribution is 2.28. The lowest BCUT2D eigenvalue weighted by atomic mass is 9.94. The Balaban J connectivity index is 2.21. The Bertz CT molecular complexity index is 1140. The Kier molecular flexibility index (Phi) is 7.13. The summed E-state index contributed by atoms with van der Waals surface area (Å²) in [5.74, 6) is -4.17. The maximum Gasteiger partial charge on any atom is 0.227 e.